The fourth-order valence-corrected chi connectivity index (χ4v) is 1.70. The zero-order valence-electron chi connectivity index (χ0n) is 9.48. The second kappa shape index (κ2) is 5.75. The molecule has 0 aliphatic carbocycles. The van der Waals surface area contributed by atoms with Crippen LogP contribution in [0.2, 0.25) is 5.02 Å². The minimum atomic E-state index is -1.18. The molecule has 3 N–H and O–H groups in total. The molecule has 94 valence electrons. The molecule has 5 nitrogen and oxygen atoms in total. The van der Waals surface area contributed by atoms with E-state index in [4.69, 9.17) is 21.4 Å². The van der Waals surface area contributed by atoms with Crippen LogP contribution in [0.5, 0.6) is 5.75 Å². The Morgan fingerprint density at radius 1 is 1.53 bits per heavy atom. The summed E-state index contributed by atoms with van der Waals surface area (Å²) in [6.45, 7) is 1.57. The molecule has 0 unspecified atom stereocenters. The lowest BCUT2D eigenvalue weighted by atomic mass is 10.0. The normalized spacial score (nSPS) is 13.9. The van der Waals surface area contributed by atoms with E-state index < -0.39 is 18.2 Å². The summed E-state index contributed by atoms with van der Waals surface area (Å²) in [5.41, 5.74) is 0.525. The molecule has 0 saturated heterocycles. The van der Waals surface area contributed by atoms with Crippen LogP contribution in [0.15, 0.2) is 18.2 Å². The Morgan fingerprint density at radius 3 is 2.65 bits per heavy atom. The lowest BCUT2D eigenvalue weighted by molar-refractivity contribution is 0.127. The van der Waals surface area contributed by atoms with Crippen LogP contribution in [0.4, 0.5) is 4.79 Å². The number of ether oxygens (including phenoxy) is 1. The number of aliphatic hydroxyl groups excluding tert-OH is 1. The number of amides is 1. The van der Waals surface area contributed by atoms with E-state index in [2.05, 4.69) is 5.32 Å². The monoisotopic (exact) mass is 259 g/mol. The molecule has 1 aromatic carbocycles. The number of hydrogen-bond acceptors (Lipinski definition) is 3. The molecule has 1 rings (SSSR count). The number of nitrogens with one attached hydrogen (secondary N) is 1. The minimum Gasteiger partial charge on any atom is -0.495 e. The molecule has 2 atom stereocenters. The van der Waals surface area contributed by atoms with Gasteiger partial charge < -0.3 is 20.3 Å². The van der Waals surface area contributed by atoms with Crippen molar-refractivity contribution in [1.29, 1.82) is 0 Å². The number of carboxylic acid groups (broad SMARTS) is 1. The van der Waals surface area contributed by atoms with Crippen LogP contribution >= 0.6 is 11.6 Å². The molecule has 17 heavy (non-hydrogen) atoms. The predicted octanol–water partition coefficient (Wildman–Crippen LogP) is 2.04. The number of rotatable bonds is 4. The number of hydrogen-bond donors (Lipinski definition) is 3. The molecule has 0 heterocycles. The molecule has 0 fully saturated rings. The summed E-state index contributed by atoms with van der Waals surface area (Å²) in [5.74, 6) is 0.501. The molecular formula is C11H14ClNO4. The van der Waals surface area contributed by atoms with Gasteiger partial charge >= 0.3 is 6.09 Å². The first-order chi connectivity index (χ1) is 7.95. The molecule has 0 aromatic heterocycles. The van der Waals surface area contributed by atoms with Crippen LogP contribution < -0.4 is 10.1 Å². The van der Waals surface area contributed by atoms with Crippen LogP contribution in [-0.4, -0.2) is 29.5 Å². The highest BCUT2D eigenvalue weighted by Gasteiger charge is 2.19. The lowest BCUT2D eigenvalue weighted by Gasteiger charge is -2.19. The Morgan fingerprint density at radius 2 is 2.18 bits per heavy atom. The number of carbonyl (C=O) groups is 1. The Hall–Kier alpha value is -1.46. The standard InChI is InChI=1S/C11H14ClNO4/c1-6(13-11(15)16)10(14)7-3-4-9(17-2)8(12)5-7/h3-6,10,13-14H,1-2H3,(H,15,16)/t6-,10+/m0/s1. The van der Waals surface area contributed by atoms with E-state index in [0.717, 1.165) is 0 Å². The third-order valence-corrected chi connectivity index (χ3v) is 2.64. The highest BCUT2D eigenvalue weighted by Crippen LogP contribution is 2.28. The largest absolute Gasteiger partial charge is 0.495 e. The van der Waals surface area contributed by atoms with Gasteiger partial charge in [-0.1, -0.05) is 17.7 Å². The molecular weight excluding hydrogens is 246 g/mol. The van der Waals surface area contributed by atoms with Crippen molar-refractivity contribution in [1.82, 2.24) is 5.32 Å². The zero-order valence-corrected chi connectivity index (χ0v) is 10.2. The van der Waals surface area contributed by atoms with Crippen molar-refractivity contribution >= 4 is 17.7 Å². The van der Waals surface area contributed by atoms with Crippen molar-refractivity contribution in [3.8, 4) is 5.75 Å². The Labute approximate surface area is 104 Å². The fourth-order valence-electron chi connectivity index (χ4n) is 1.43. The summed E-state index contributed by atoms with van der Waals surface area (Å²) in [6, 6.07) is 4.17. The second-order valence-electron chi connectivity index (χ2n) is 3.58. The zero-order chi connectivity index (χ0) is 13.0. The van der Waals surface area contributed by atoms with E-state index in [1.807, 2.05) is 0 Å². The average Bonchev–Trinajstić information content (AvgIpc) is 2.27. The van der Waals surface area contributed by atoms with Gasteiger partial charge in [-0.25, -0.2) is 4.79 Å². The van der Waals surface area contributed by atoms with Crippen molar-refractivity contribution in [3.05, 3.63) is 28.8 Å². The molecule has 1 amide bonds. The Bertz CT molecular complexity index is 410. The van der Waals surface area contributed by atoms with Crippen molar-refractivity contribution < 1.29 is 19.7 Å². The van der Waals surface area contributed by atoms with Gasteiger partial charge in [0, 0.05) is 0 Å². The third-order valence-electron chi connectivity index (χ3n) is 2.34. The summed E-state index contributed by atoms with van der Waals surface area (Å²) in [4.78, 5) is 10.4. The first kappa shape index (κ1) is 13.6. The van der Waals surface area contributed by atoms with Gasteiger partial charge in [0.15, 0.2) is 0 Å². The summed E-state index contributed by atoms with van der Waals surface area (Å²) in [5, 5.41) is 21.0. The summed E-state index contributed by atoms with van der Waals surface area (Å²) < 4.78 is 4.98. The number of methoxy groups -OCH3 is 1. The third kappa shape index (κ3) is 3.51. The van der Waals surface area contributed by atoms with Crippen molar-refractivity contribution in [2.45, 2.75) is 19.1 Å². The van der Waals surface area contributed by atoms with Crippen LogP contribution in [0.3, 0.4) is 0 Å². The number of benzene rings is 1. The number of halogens is 1. The molecule has 6 heteroatoms. The quantitative estimate of drug-likeness (QED) is 0.773. The molecule has 1 aromatic rings. The van der Waals surface area contributed by atoms with E-state index in [9.17, 15) is 9.90 Å². The van der Waals surface area contributed by atoms with E-state index >= 15 is 0 Å². The summed E-state index contributed by atoms with van der Waals surface area (Å²) in [7, 11) is 1.49. The van der Waals surface area contributed by atoms with Crippen molar-refractivity contribution in [3.63, 3.8) is 0 Å². The fraction of sp³-hybridized carbons (Fsp3) is 0.364. The van der Waals surface area contributed by atoms with Gasteiger partial charge in [0.1, 0.15) is 5.75 Å². The molecule has 0 bridgehead atoms. The predicted molar refractivity (Wildman–Crippen MR) is 63.6 cm³/mol. The Balaban J connectivity index is 2.85. The maximum Gasteiger partial charge on any atom is 0.404 e. The van der Waals surface area contributed by atoms with Crippen LogP contribution in [0.1, 0.15) is 18.6 Å². The van der Waals surface area contributed by atoms with Crippen molar-refractivity contribution in [2.75, 3.05) is 7.11 Å². The van der Waals surface area contributed by atoms with E-state index in [1.165, 1.54) is 7.11 Å². The number of aliphatic hydroxyl groups is 1. The van der Waals surface area contributed by atoms with Gasteiger partial charge in [-0.15, -0.1) is 0 Å². The lowest BCUT2D eigenvalue weighted by Crippen LogP contribution is -2.35. The topological polar surface area (TPSA) is 78.8 Å². The average molecular weight is 260 g/mol. The van der Waals surface area contributed by atoms with Gasteiger partial charge in [0.05, 0.1) is 24.3 Å². The van der Waals surface area contributed by atoms with E-state index in [-0.39, 0.29) is 0 Å². The smallest absolute Gasteiger partial charge is 0.404 e. The van der Waals surface area contributed by atoms with Gasteiger partial charge in [0.25, 0.3) is 0 Å². The highest BCUT2D eigenvalue weighted by atomic mass is 35.5. The van der Waals surface area contributed by atoms with Crippen molar-refractivity contribution in [2.24, 2.45) is 0 Å². The minimum absolute atomic E-state index is 0.367. The van der Waals surface area contributed by atoms with Gasteiger partial charge in [-0.3, -0.25) is 0 Å². The first-order valence-corrected chi connectivity index (χ1v) is 5.34. The summed E-state index contributed by atoms with van der Waals surface area (Å²) in [6.07, 6.45) is -2.15. The molecule has 0 aliphatic heterocycles. The molecule has 0 aliphatic rings. The van der Waals surface area contributed by atoms with Crippen LogP contribution in [0, 0.1) is 0 Å². The maximum atomic E-state index is 10.4. The first-order valence-electron chi connectivity index (χ1n) is 4.96. The van der Waals surface area contributed by atoms with Gasteiger partial charge in [-0.2, -0.15) is 0 Å². The molecule has 0 spiro atoms. The van der Waals surface area contributed by atoms with Crippen LogP contribution in [0.25, 0.3) is 0 Å². The van der Waals surface area contributed by atoms with E-state index in [1.54, 1.807) is 25.1 Å². The van der Waals surface area contributed by atoms with Gasteiger partial charge in [-0.05, 0) is 24.6 Å². The SMILES string of the molecule is COc1ccc([C@H](O)[C@H](C)NC(=O)O)cc1Cl. The summed E-state index contributed by atoms with van der Waals surface area (Å²) >= 11 is 5.91. The van der Waals surface area contributed by atoms with Crippen LogP contribution in [-0.2, 0) is 0 Å². The molecule has 0 saturated carbocycles. The van der Waals surface area contributed by atoms with Gasteiger partial charge in [0.2, 0.25) is 0 Å². The second-order valence-corrected chi connectivity index (χ2v) is 3.98. The molecule has 0 radical (unpaired) electrons. The highest BCUT2D eigenvalue weighted by molar-refractivity contribution is 6.32. The maximum absolute atomic E-state index is 10.4. The van der Waals surface area contributed by atoms with E-state index in [0.29, 0.717) is 16.3 Å². The Kier molecular flexibility index (Phi) is 4.60.